The van der Waals surface area contributed by atoms with Crippen LogP contribution in [-0.4, -0.2) is 25.9 Å². The minimum Gasteiger partial charge on any atom is -0.376 e. The van der Waals surface area contributed by atoms with E-state index in [-0.39, 0.29) is 0 Å². The molecule has 0 aromatic heterocycles. The highest BCUT2D eigenvalue weighted by Gasteiger charge is 2.13. The summed E-state index contributed by atoms with van der Waals surface area (Å²) < 4.78 is 11.1. The first-order valence-corrected chi connectivity index (χ1v) is 10.1. The molecule has 0 N–H and O–H groups in total. The summed E-state index contributed by atoms with van der Waals surface area (Å²) in [6.07, 6.45) is 21.6. The van der Waals surface area contributed by atoms with Gasteiger partial charge in [-0.05, 0) is 6.42 Å². The summed E-state index contributed by atoms with van der Waals surface area (Å²) in [5, 5.41) is 0. The van der Waals surface area contributed by atoms with Crippen molar-refractivity contribution in [2.75, 3.05) is 19.8 Å². The molecular weight excluding hydrogens is 272 g/mol. The fourth-order valence-corrected chi connectivity index (χ4v) is 3.27. The van der Waals surface area contributed by atoms with Gasteiger partial charge in [-0.2, -0.15) is 0 Å². The van der Waals surface area contributed by atoms with Crippen LogP contribution in [0.4, 0.5) is 0 Å². The standard InChI is InChI=1S/C20H40O2/c1-2-3-4-5-6-7-8-9-10-11-12-13-14-15-16-20-19-21-17-18-22-20/h20H,2-19H2,1H3. The molecule has 2 heteroatoms. The second kappa shape index (κ2) is 15.8. The molecule has 1 saturated heterocycles. The summed E-state index contributed by atoms with van der Waals surface area (Å²) in [5.41, 5.74) is 0. The normalized spacial score (nSPS) is 18.7. The molecule has 22 heavy (non-hydrogen) atoms. The number of rotatable bonds is 15. The molecule has 132 valence electrons. The van der Waals surface area contributed by atoms with Crippen molar-refractivity contribution in [1.29, 1.82) is 0 Å². The van der Waals surface area contributed by atoms with E-state index in [2.05, 4.69) is 6.92 Å². The van der Waals surface area contributed by atoms with E-state index in [4.69, 9.17) is 9.47 Å². The molecule has 0 bridgehead atoms. The predicted molar refractivity (Wildman–Crippen MR) is 95.5 cm³/mol. The molecule has 0 radical (unpaired) electrons. The summed E-state index contributed by atoms with van der Waals surface area (Å²) in [5.74, 6) is 0. The van der Waals surface area contributed by atoms with Crippen LogP contribution in [0.5, 0.6) is 0 Å². The third-order valence-electron chi connectivity index (χ3n) is 4.76. The molecule has 0 saturated carbocycles. The Kier molecular flexibility index (Phi) is 14.3. The predicted octanol–water partition coefficient (Wildman–Crippen LogP) is 6.27. The van der Waals surface area contributed by atoms with Gasteiger partial charge in [-0.25, -0.2) is 0 Å². The first-order chi connectivity index (χ1) is 10.9. The van der Waals surface area contributed by atoms with Crippen LogP contribution in [0.3, 0.4) is 0 Å². The maximum atomic E-state index is 5.67. The molecule has 0 aromatic carbocycles. The molecule has 1 unspecified atom stereocenters. The highest BCUT2D eigenvalue weighted by atomic mass is 16.6. The molecule has 0 amide bonds. The quantitative estimate of drug-likeness (QED) is 0.332. The third-order valence-corrected chi connectivity index (χ3v) is 4.76. The van der Waals surface area contributed by atoms with Crippen LogP contribution in [0.25, 0.3) is 0 Å². The van der Waals surface area contributed by atoms with E-state index in [1.165, 1.54) is 96.3 Å². The summed E-state index contributed by atoms with van der Waals surface area (Å²) in [7, 11) is 0. The molecule has 0 aliphatic carbocycles. The molecule has 2 nitrogen and oxygen atoms in total. The summed E-state index contributed by atoms with van der Waals surface area (Å²) >= 11 is 0. The molecule has 1 heterocycles. The highest BCUT2D eigenvalue weighted by Crippen LogP contribution is 2.15. The van der Waals surface area contributed by atoms with Gasteiger partial charge in [0.25, 0.3) is 0 Å². The van der Waals surface area contributed by atoms with E-state index in [1.54, 1.807) is 0 Å². The lowest BCUT2D eigenvalue weighted by Crippen LogP contribution is -2.28. The fraction of sp³-hybridized carbons (Fsp3) is 1.00. The number of unbranched alkanes of at least 4 members (excludes halogenated alkanes) is 13. The Morgan fingerprint density at radius 3 is 1.59 bits per heavy atom. The summed E-state index contributed by atoms with van der Waals surface area (Å²) in [4.78, 5) is 0. The smallest absolute Gasteiger partial charge is 0.0809 e. The average molecular weight is 313 g/mol. The van der Waals surface area contributed by atoms with Crippen molar-refractivity contribution in [2.45, 2.75) is 109 Å². The topological polar surface area (TPSA) is 18.5 Å². The van der Waals surface area contributed by atoms with E-state index in [9.17, 15) is 0 Å². The van der Waals surface area contributed by atoms with Gasteiger partial charge in [0, 0.05) is 0 Å². The molecule has 0 spiro atoms. The molecule has 1 aliphatic heterocycles. The summed E-state index contributed by atoms with van der Waals surface area (Å²) in [6, 6.07) is 0. The third kappa shape index (κ3) is 12.5. The monoisotopic (exact) mass is 312 g/mol. The van der Waals surface area contributed by atoms with Gasteiger partial charge >= 0.3 is 0 Å². The Balaban J connectivity index is 1.68. The number of hydrogen-bond donors (Lipinski definition) is 0. The number of ether oxygens (including phenoxy) is 2. The molecular formula is C20H40O2. The number of hydrogen-bond acceptors (Lipinski definition) is 2. The molecule has 1 rings (SSSR count). The molecule has 0 aromatic rings. The van der Waals surface area contributed by atoms with E-state index < -0.39 is 0 Å². The Morgan fingerprint density at radius 1 is 0.636 bits per heavy atom. The van der Waals surface area contributed by atoms with Gasteiger partial charge in [0.15, 0.2) is 0 Å². The van der Waals surface area contributed by atoms with Gasteiger partial charge in [-0.15, -0.1) is 0 Å². The maximum Gasteiger partial charge on any atom is 0.0809 e. The zero-order chi connectivity index (χ0) is 15.7. The fourth-order valence-electron chi connectivity index (χ4n) is 3.27. The Morgan fingerprint density at radius 2 is 1.14 bits per heavy atom. The van der Waals surface area contributed by atoms with Crippen molar-refractivity contribution in [3.63, 3.8) is 0 Å². The molecule has 1 fully saturated rings. The van der Waals surface area contributed by atoms with Gasteiger partial charge in [0.1, 0.15) is 0 Å². The minimum atomic E-state index is 0.381. The Labute approximate surface area is 139 Å². The van der Waals surface area contributed by atoms with Crippen molar-refractivity contribution in [3.05, 3.63) is 0 Å². The lowest BCUT2D eigenvalue weighted by atomic mass is 10.0. The van der Waals surface area contributed by atoms with E-state index in [1.807, 2.05) is 0 Å². The van der Waals surface area contributed by atoms with Gasteiger partial charge in [0.2, 0.25) is 0 Å². The Hall–Kier alpha value is -0.0800. The van der Waals surface area contributed by atoms with E-state index >= 15 is 0 Å². The van der Waals surface area contributed by atoms with Crippen LogP contribution < -0.4 is 0 Å². The largest absolute Gasteiger partial charge is 0.376 e. The van der Waals surface area contributed by atoms with E-state index in [0.29, 0.717) is 6.10 Å². The van der Waals surface area contributed by atoms with Gasteiger partial charge in [-0.3, -0.25) is 0 Å². The second-order valence-electron chi connectivity index (χ2n) is 6.95. The van der Waals surface area contributed by atoms with Crippen LogP contribution >= 0.6 is 0 Å². The second-order valence-corrected chi connectivity index (χ2v) is 6.95. The Bertz CT molecular complexity index is 212. The van der Waals surface area contributed by atoms with Crippen molar-refractivity contribution in [3.8, 4) is 0 Å². The SMILES string of the molecule is CCCCCCCCCCCCCCCCC1COCCO1. The van der Waals surface area contributed by atoms with Gasteiger partial charge in [-0.1, -0.05) is 96.8 Å². The van der Waals surface area contributed by atoms with Crippen LogP contribution in [0.15, 0.2) is 0 Å². The highest BCUT2D eigenvalue weighted by molar-refractivity contribution is 4.61. The molecule has 1 atom stereocenters. The van der Waals surface area contributed by atoms with Gasteiger partial charge in [0.05, 0.1) is 25.9 Å². The zero-order valence-electron chi connectivity index (χ0n) is 15.1. The van der Waals surface area contributed by atoms with Crippen molar-refractivity contribution in [2.24, 2.45) is 0 Å². The zero-order valence-corrected chi connectivity index (χ0v) is 15.1. The first-order valence-electron chi connectivity index (χ1n) is 10.1. The lowest BCUT2D eigenvalue weighted by molar-refractivity contribution is -0.0912. The average Bonchev–Trinajstić information content (AvgIpc) is 2.56. The van der Waals surface area contributed by atoms with Crippen molar-refractivity contribution < 1.29 is 9.47 Å². The van der Waals surface area contributed by atoms with E-state index in [0.717, 1.165) is 19.8 Å². The molecule has 1 aliphatic rings. The van der Waals surface area contributed by atoms with Crippen LogP contribution in [0.2, 0.25) is 0 Å². The van der Waals surface area contributed by atoms with Crippen molar-refractivity contribution in [1.82, 2.24) is 0 Å². The summed E-state index contributed by atoms with van der Waals surface area (Å²) in [6.45, 7) is 4.69. The maximum absolute atomic E-state index is 5.67. The van der Waals surface area contributed by atoms with Crippen LogP contribution in [-0.2, 0) is 9.47 Å². The van der Waals surface area contributed by atoms with Crippen molar-refractivity contribution >= 4 is 0 Å². The first kappa shape index (κ1) is 20.0. The lowest BCUT2D eigenvalue weighted by Gasteiger charge is -2.22. The minimum absolute atomic E-state index is 0.381. The van der Waals surface area contributed by atoms with Crippen LogP contribution in [0.1, 0.15) is 103 Å². The van der Waals surface area contributed by atoms with Crippen LogP contribution in [0, 0.1) is 0 Å². The van der Waals surface area contributed by atoms with Gasteiger partial charge < -0.3 is 9.47 Å².